The summed E-state index contributed by atoms with van der Waals surface area (Å²) in [7, 11) is 1.93. The lowest BCUT2D eigenvalue weighted by Crippen LogP contribution is -2.32. The zero-order valence-corrected chi connectivity index (χ0v) is 13.1. The van der Waals surface area contributed by atoms with Crippen molar-refractivity contribution >= 4 is 10.8 Å². The van der Waals surface area contributed by atoms with Crippen molar-refractivity contribution in [2.75, 3.05) is 0 Å². The van der Waals surface area contributed by atoms with Crippen molar-refractivity contribution in [1.82, 2.24) is 0 Å². The van der Waals surface area contributed by atoms with Crippen LogP contribution in [0.15, 0.2) is 30.5 Å². The molecule has 0 N–H and O–H groups in total. The maximum atomic E-state index is 14.3. The van der Waals surface area contributed by atoms with Crippen molar-refractivity contribution in [2.45, 2.75) is 20.8 Å². The van der Waals surface area contributed by atoms with Crippen LogP contribution in [-0.4, -0.2) is 0 Å². The molecule has 3 heteroatoms. The minimum absolute atomic E-state index is 0.318. The van der Waals surface area contributed by atoms with Crippen molar-refractivity contribution in [1.29, 1.82) is 0 Å². The molecule has 2 nitrogen and oxygen atoms in total. The lowest BCUT2D eigenvalue weighted by molar-refractivity contribution is -0.660. The largest absolute Gasteiger partial charge is 0.447 e. The molecule has 4 rings (SSSR count). The molecule has 1 aromatic heterocycles. The molecule has 110 valence electrons. The van der Waals surface area contributed by atoms with Gasteiger partial charge in [-0.05, 0) is 48.9 Å². The maximum Gasteiger partial charge on any atom is 0.259 e. The van der Waals surface area contributed by atoms with E-state index in [1.54, 1.807) is 6.20 Å². The van der Waals surface area contributed by atoms with E-state index < -0.39 is 0 Å². The van der Waals surface area contributed by atoms with E-state index in [2.05, 4.69) is 26.0 Å². The number of benzene rings is 2. The predicted molar refractivity (Wildman–Crippen MR) is 84.8 cm³/mol. The van der Waals surface area contributed by atoms with E-state index in [0.717, 1.165) is 33.3 Å². The molecule has 0 fully saturated rings. The molecule has 0 spiro atoms. The van der Waals surface area contributed by atoms with E-state index in [1.165, 1.54) is 17.2 Å². The van der Waals surface area contributed by atoms with Crippen molar-refractivity contribution in [3.63, 3.8) is 0 Å². The fourth-order valence-corrected chi connectivity index (χ4v) is 3.36. The van der Waals surface area contributed by atoms with E-state index in [1.807, 2.05) is 24.6 Å². The Morgan fingerprint density at radius 1 is 1.09 bits per heavy atom. The normalized spacial score (nSPS) is 12.2. The van der Waals surface area contributed by atoms with E-state index in [4.69, 9.17) is 4.74 Å². The Bertz CT molecular complexity index is 960. The number of nitrogens with zero attached hydrogens (tertiary/aromatic N) is 1. The number of pyridine rings is 1. The summed E-state index contributed by atoms with van der Waals surface area (Å²) in [5.41, 5.74) is 5.37. The van der Waals surface area contributed by atoms with Gasteiger partial charge in [0.2, 0.25) is 5.75 Å². The molecule has 1 aliphatic rings. The number of ether oxygens (including phenoxy) is 1. The SMILES string of the molecule is Cc1cc2c3c(c(C)c(C)cc3c1)-c1c(c(F)cc[n+]1C)O2. The van der Waals surface area contributed by atoms with E-state index >= 15 is 0 Å². The van der Waals surface area contributed by atoms with Crippen molar-refractivity contribution in [3.8, 4) is 22.8 Å². The second-order valence-electron chi connectivity index (χ2n) is 6.11. The highest BCUT2D eigenvalue weighted by atomic mass is 19.1. The quantitative estimate of drug-likeness (QED) is 0.435. The lowest BCUT2D eigenvalue weighted by atomic mass is 9.90. The van der Waals surface area contributed by atoms with Crippen LogP contribution >= 0.6 is 0 Å². The molecular formula is C19H17FNO+. The van der Waals surface area contributed by atoms with Crippen molar-refractivity contribution in [3.05, 3.63) is 53.0 Å². The summed E-state index contributed by atoms with van der Waals surface area (Å²) in [5, 5.41) is 2.21. The first-order valence-electron chi connectivity index (χ1n) is 7.38. The monoisotopic (exact) mass is 294 g/mol. The molecule has 2 aromatic carbocycles. The lowest BCUT2D eigenvalue weighted by Gasteiger charge is -2.22. The third-order valence-electron chi connectivity index (χ3n) is 4.54. The fraction of sp³-hybridized carbons (Fsp3) is 0.211. The number of hydrogen-bond acceptors (Lipinski definition) is 1. The molecule has 0 saturated heterocycles. The predicted octanol–water partition coefficient (Wildman–Crippen LogP) is 4.50. The molecule has 0 aliphatic carbocycles. The molecular weight excluding hydrogens is 277 g/mol. The van der Waals surface area contributed by atoms with Gasteiger partial charge in [-0.1, -0.05) is 12.1 Å². The van der Waals surface area contributed by atoms with E-state index in [-0.39, 0.29) is 5.82 Å². The first-order valence-corrected chi connectivity index (χ1v) is 7.38. The molecule has 0 radical (unpaired) electrons. The topological polar surface area (TPSA) is 13.1 Å². The standard InChI is InChI=1S/C19H17FNO/c1-10-7-13-9-11(2)12(3)16-17(13)15(8-10)22-19-14(20)5-6-21(4)18(16)19/h5-9H,1-4H3/q+1. The Morgan fingerprint density at radius 3 is 2.64 bits per heavy atom. The number of hydrogen-bond donors (Lipinski definition) is 0. The molecule has 0 atom stereocenters. The van der Waals surface area contributed by atoms with Crippen LogP contribution in [0.5, 0.6) is 11.5 Å². The van der Waals surface area contributed by atoms with Gasteiger partial charge in [0.05, 0.1) is 5.56 Å². The zero-order chi connectivity index (χ0) is 15.6. The van der Waals surface area contributed by atoms with Gasteiger partial charge in [0.1, 0.15) is 12.8 Å². The summed E-state index contributed by atoms with van der Waals surface area (Å²) in [4.78, 5) is 0. The average molecular weight is 294 g/mol. The van der Waals surface area contributed by atoms with Gasteiger partial charge in [-0.3, -0.25) is 0 Å². The van der Waals surface area contributed by atoms with Crippen molar-refractivity contribution < 1.29 is 13.7 Å². The molecule has 0 bridgehead atoms. The molecule has 2 heterocycles. The molecule has 0 amide bonds. The first-order chi connectivity index (χ1) is 10.5. The number of aryl methyl sites for hydroxylation is 3. The first kappa shape index (κ1) is 13.3. The van der Waals surface area contributed by atoms with Crippen LogP contribution < -0.4 is 9.30 Å². The highest BCUT2D eigenvalue weighted by Crippen LogP contribution is 2.48. The van der Waals surface area contributed by atoms with Crippen LogP contribution in [0.1, 0.15) is 16.7 Å². The van der Waals surface area contributed by atoms with Gasteiger partial charge in [0.15, 0.2) is 12.0 Å². The molecule has 0 saturated carbocycles. The highest BCUT2D eigenvalue weighted by molar-refractivity contribution is 6.04. The number of rotatable bonds is 0. The molecule has 1 aliphatic heterocycles. The van der Waals surface area contributed by atoms with E-state index in [9.17, 15) is 4.39 Å². The number of fused-ring (bicyclic) bond motifs is 2. The van der Waals surface area contributed by atoms with E-state index in [0.29, 0.717) is 5.75 Å². The second kappa shape index (κ2) is 4.29. The van der Waals surface area contributed by atoms with Gasteiger partial charge in [0.25, 0.3) is 5.69 Å². The van der Waals surface area contributed by atoms with Gasteiger partial charge in [-0.25, -0.2) is 4.39 Å². The van der Waals surface area contributed by atoms with Gasteiger partial charge in [-0.15, -0.1) is 0 Å². The third kappa shape index (κ3) is 1.62. The zero-order valence-electron chi connectivity index (χ0n) is 13.1. The number of halogens is 1. The maximum absolute atomic E-state index is 14.3. The van der Waals surface area contributed by atoms with Gasteiger partial charge in [0, 0.05) is 11.5 Å². The minimum atomic E-state index is -0.325. The molecule has 0 unspecified atom stereocenters. The summed E-state index contributed by atoms with van der Waals surface area (Å²) >= 11 is 0. The average Bonchev–Trinajstić information content (AvgIpc) is 2.47. The Morgan fingerprint density at radius 2 is 1.86 bits per heavy atom. The summed E-state index contributed by atoms with van der Waals surface area (Å²) in [6, 6.07) is 7.76. The molecule has 22 heavy (non-hydrogen) atoms. The van der Waals surface area contributed by atoms with Crippen molar-refractivity contribution in [2.24, 2.45) is 7.05 Å². The summed E-state index contributed by atoms with van der Waals surface area (Å²) in [6.07, 6.45) is 1.74. The minimum Gasteiger partial charge on any atom is -0.447 e. The van der Waals surface area contributed by atoms with Crippen LogP contribution in [0.3, 0.4) is 0 Å². The van der Waals surface area contributed by atoms with Gasteiger partial charge in [-0.2, -0.15) is 4.57 Å². The summed E-state index contributed by atoms with van der Waals surface area (Å²) in [6.45, 7) is 6.22. The van der Waals surface area contributed by atoms with Gasteiger partial charge >= 0.3 is 0 Å². The summed E-state index contributed by atoms with van der Waals surface area (Å²) < 4.78 is 22.2. The smallest absolute Gasteiger partial charge is 0.259 e. The molecule has 3 aromatic rings. The van der Waals surface area contributed by atoms with Crippen LogP contribution in [0.2, 0.25) is 0 Å². The fourth-order valence-electron chi connectivity index (χ4n) is 3.36. The Kier molecular flexibility index (Phi) is 2.59. The number of aromatic nitrogens is 1. The summed E-state index contributed by atoms with van der Waals surface area (Å²) in [5.74, 6) is 0.734. The van der Waals surface area contributed by atoms with Gasteiger partial charge < -0.3 is 4.74 Å². The Hall–Kier alpha value is -2.42. The Labute approximate surface area is 128 Å². The van der Waals surface area contributed by atoms with Crippen LogP contribution in [0.25, 0.3) is 22.0 Å². The van der Waals surface area contributed by atoms with Crippen LogP contribution in [-0.2, 0) is 7.05 Å². The Balaban J connectivity index is 2.28. The van der Waals surface area contributed by atoms with Crippen LogP contribution in [0.4, 0.5) is 4.39 Å². The second-order valence-corrected chi connectivity index (χ2v) is 6.11. The third-order valence-corrected chi connectivity index (χ3v) is 4.54. The highest BCUT2D eigenvalue weighted by Gasteiger charge is 2.32. The van der Waals surface area contributed by atoms with Crippen LogP contribution in [0, 0.1) is 26.6 Å².